The number of hydrogen-bond donors (Lipinski definition) is 0. The van der Waals surface area contributed by atoms with Crippen molar-refractivity contribution in [3.05, 3.63) is 105 Å². The van der Waals surface area contributed by atoms with Crippen LogP contribution in [0.1, 0.15) is 38.9 Å². The van der Waals surface area contributed by atoms with Crippen molar-refractivity contribution in [2.75, 3.05) is 4.90 Å². The number of amides is 1. The van der Waals surface area contributed by atoms with Gasteiger partial charge in [0.25, 0.3) is 5.91 Å². The Morgan fingerprint density at radius 3 is 2.41 bits per heavy atom. The van der Waals surface area contributed by atoms with Crippen molar-refractivity contribution in [2.45, 2.75) is 19.9 Å². The molecule has 0 spiro atoms. The normalized spacial score (nSPS) is 15.7. The molecule has 142 valence electrons. The van der Waals surface area contributed by atoms with E-state index in [0.29, 0.717) is 22.4 Å². The molecule has 1 unspecified atom stereocenters. The summed E-state index contributed by atoms with van der Waals surface area (Å²) in [4.78, 5) is 32.9. The first-order chi connectivity index (χ1) is 14.0. The molecule has 5 nitrogen and oxygen atoms in total. The number of aryl methyl sites for hydroxylation is 2. The monoisotopic (exact) mass is 382 g/mol. The number of nitrogens with zero attached hydrogens (tertiary/aromatic N) is 2. The van der Waals surface area contributed by atoms with Gasteiger partial charge in [-0.3, -0.25) is 14.5 Å². The number of rotatable bonds is 2. The summed E-state index contributed by atoms with van der Waals surface area (Å²) in [5.74, 6) is 0.216. The molecule has 5 rings (SSSR count). The molecule has 1 amide bonds. The smallest absolute Gasteiger partial charge is 0.296 e. The number of fused-ring (bicyclic) bond motifs is 2. The van der Waals surface area contributed by atoms with E-state index in [-0.39, 0.29) is 17.1 Å². The Hall–Kier alpha value is -3.73. The lowest BCUT2D eigenvalue weighted by molar-refractivity contribution is 0.0970. The fourth-order valence-electron chi connectivity index (χ4n) is 3.88. The molecule has 4 aromatic rings. The van der Waals surface area contributed by atoms with E-state index in [2.05, 4.69) is 4.98 Å². The Morgan fingerprint density at radius 2 is 1.69 bits per heavy atom. The van der Waals surface area contributed by atoms with Crippen LogP contribution < -0.4 is 10.3 Å². The van der Waals surface area contributed by atoms with Gasteiger partial charge in [0.05, 0.1) is 17.0 Å². The minimum Gasteiger partial charge on any atom is -0.450 e. The maximum atomic E-state index is 13.5. The molecule has 5 heteroatoms. The fraction of sp³-hybridized carbons (Fsp3) is 0.125. The topological polar surface area (TPSA) is 63.4 Å². The molecule has 0 saturated heterocycles. The highest BCUT2D eigenvalue weighted by molar-refractivity contribution is 6.10. The maximum Gasteiger partial charge on any atom is 0.296 e. The molecule has 1 aliphatic rings. The van der Waals surface area contributed by atoms with Gasteiger partial charge in [0, 0.05) is 6.20 Å². The van der Waals surface area contributed by atoms with Crippen molar-refractivity contribution in [2.24, 2.45) is 0 Å². The van der Waals surface area contributed by atoms with Gasteiger partial charge in [0.15, 0.2) is 5.43 Å². The van der Waals surface area contributed by atoms with E-state index in [4.69, 9.17) is 4.42 Å². The summed E-state index contributed by atoms with van der Waals surface area (Å²) in [6, 6.07) is 18.0. The Kier molecular flexibility index (Phi) is 3.84. The van der Waals surface area contributed by atoms with E-state index < -0.39 is 6.04 Å². The summed E-state index contributed by atoms with van der Waals surface area (Å²) in [6.07, 6.45) is 1.71. The van der Waals surface area contributed by atoms with Crippen LogP contribution in [0.3, 0.4) is 0 Å². The first-order valence-corrected chi connectivity index (χ1v) is 9.43. The Labute approximate surface area is 167 Å². The minimum atomic E-state index is -0.588. The second kappa shape index (κ2) is 6.41. The summed E-state index contributed by atoms with van der Waals surface area (Å²) in [6.45, 7) is 3.86. The van der Waals surface area contributed by atoms with E-state index in [9.17, 15) is 9.59 Å². The van der Waals surface area contributed by atoms with Crippen LogP contribution in [0.15, 0.2) is 76.1 Å². The van der Waals surface area contributed by atoms with E-state index in [0.717, 1.165) is 16.7 Å². The van der Waals surface area contributed by atoms with Gasteiger partial charge in [0.1, 0.15) is 11.4 Å². The molecule has 0 bridgehead atoms. The molecule has 1 atom stereocenters. The van der Waals surface area contributed by atoms with Crippen LogP contribution in [0, 0.1) is 13.8 Å². The first kappa shape index (κ1) is 17.4. The average molecular weight is 382 g/mol. The zero-order valence-electron chi connectivity index (χ0n) is 16.0. The second-order valence-electron chi connectivity index (χ2n) is 7.36. The largest absolute Gasteiger partial charge is 0.450 e. The standard InChI is InChI=1S/C24H18N2O3/c1-14-8-10-18-17(12-14)22(27)20-21(16-6-4-3-5-7-16)26(24(28)23(20)29-18)19-11-9-15(2)13-25-19/h3-13,21H,1-2H3. The lowest BCUT2D eigenvalue weighted by atomic mass is 9.98. The van der Waals surface area contributed by atoms with Gasteiger partial charge in [-0.1, -0.05) is 48.0 Å². The number of anilines is 1. The molecule has 0 saturated carbocycles. The quantitative estimate of drug-likeness (QED) is 0.510. The lowest BCUT2D eigenvalue weighted by Gasteiger charge is -2.24. The van der Waals surface area contributed by atoms with E-state index in [1.807, 2.05) is 56.3 Å². The number of pyridine rings is 1. The lowest BCUT2D eigenvalue weighted by Crippen LogP contribution is -2.30. The van der Waals surface area contributed by atoms with Crippen LogP contribution in [0.2, 0.25) is 0 Å². The maximum absolute atomic E-state index is 13.5. The van der Waals surface area contributed by atoms with Gasteiger partial charge in [0.2, 0.25) is 5.76 Å². The van der Waals surface area contributed by atoms with Gasteiger partial charge >= 0.3 is 0 Å². The molecule has 0 N–H and O–H groups in total. The van der Waals surface area contributed by atoms with Crippen molar-refractivity contribution < 1.29 is 9.21 Å². The van der Waals surface area contributed by atoms with Crippen LogP contribution in [0.4, 0.5) is 5.82 Å². The third kappa shape index (κ3) is 2.66. The van der Waals surface area contributed by atoms with Crippen molar-refractivity contribution in [1.82, 2.24) is 4.98 Å². The third-order valence-corrected chi connectivity index (χ3v) is 5.28. The van der Waals surface area contributed by atoms with Gasteiger partial charge in [-0.25, -0.2) is 4.98 Å². The number of hydrogen-bond acceptors (Lipinski definition) is 4. The Bertz CT molecular complexity index is 1310. The van der Waals surface area contributed by atoms with E-state index in [1.54, 1.807) is 29.3 Å². The SMILES string of the molecule is Cc1ccc(N2C(=O)c3oc4ccc(C)cc4c(=O)c3C2c2ccccc2)nc1. The molecule has 0 aliphatic carbocycles. The van der Waals surface area contributed by atoms with Crippen LogP contribution in [0.25, 0.3) is 11.0 Å². The molecule has 2 aromatic carbocycles. The first-order valence-electron chi connectivity index (χ1n) is 9.43. The summed E-state index contributed by atoms with van der Waals surface area (Å²) in [7, 11) is 0. The Balaban J connectivity index is 1.82. The number of carbonyl (C=O) groups is 1. The summed E-state index contributed by atoms with van der Waals surface area (Å²) >= 11 is 0. The van der Waals surface area contributed by atoms with Crippen molar-refractivity contribution >= 4 is 22.7 Å². The summed E-state index contributed by atoms with van der Waals surface area (Å²) in [5.41, 5.74) is 3.38. The van der Waals surface area contributed by atoms with Crippen molar-refractivity contribution in [3.63, 3.8) is 0 Å². The molecule has 3 heterocycles. The Morgan fingerprint density at radius 1 is 0.931 bits per heavy atom. The number of benzene rings is 2. The third-order valence-electron chi connectivity index (χ3n) is 5.28. The highest BCUT2D eigenvalue weighted by atomic mass is 16.3. The predicted molar refractivity (Wildman–Crippen MR) is 111 cm³/mol. The minimum absolute atomic E-state index is 0.0857. The van der Waals surface area contributed by atoms with Crippen molar-refractivity contribution in [1.29, 1.82) is 0 Å². The van der Waals surface area contributed by atoms with E-state index >= 15 is 0 Å². The highest BCUT2D eigenvalue weighted by Crippen LogP contribution is 2.40. The van der Waals surface area contributed by atoms with Gasteiger partial charge in [-0.2, -0.15) is 0 Å². The molecular formula is C24H18N2O3. The second-order valence-corrected chi connectivity index (χ2v) is 7.36. The fourth-order valence-corrected chi connectivity index (χ4v) is 3.88. The highest BCUT2D eigenvalue weighted by Gasteiger charge is 2.44. The van der Waals surface area contributed by atoms with Crippen LogP contribution in [0.5, 0.6) is 0 Å². The van der Waals surface area contributed by atoms with Crippen LogP contribution >= 0.6 is 0 Å². The zero-order valence-corrected chi connectivity index (χ0v) is 16.0. The number of aromatic nitrogens is 1. The van der Waals surface area contributed by atoms with Gasteiger partial charge < -0.3 is 4.42 Å². The summed E-state index contributed by atoms with van der Waals surface area (Å²) < 4.78 is 5.96. The molecule has 0 radical (unpaired) electrons. The number of carbonyl (C=O) groups excluding carboxylic acids is 1. The van der Waals surface area contributed by atoms with Gasteiger partial charge in [-0.05, 0) is 43.2 Å². The van der Waals surface area contributed by atoms with E-state index in [1.165, 1.54) is 0 Å². The van der Waals surface area contributed by atoms with Crippen LogP contribution in [-0.4, -0.2) is 10.9 Å². The molecule has 29 heavy (non-hydrogen) atoms. The average Bonchev–Trinajstić information content (AvgIpc) is 3.03. The van der Waals surface area contributed by atoms with Crippen LogP contribution in [-0.2, 0) is 0 Å². The molecule has 1 aliphatic heterocycles. The zero-order chi connectivity index (χ0) is 20.1. The van der Waals surface area contributed by atoms with Crippen molar-refractivity contribution in [3.8, 4) is 0 Å². The predicted octanol–water partition coefficient (Wildman–Crippen LogP) is 4.55. The summed E-state index contributed by atoms with van der Waals surface area (Å²) in [5, 5.41) is 0.483. The van der Waals surface area contributed by atoms with Gasteiger partial charge in [-0.15, -0.1) is 0 Å². The molecular weight excluding hydrogens is 364 g/mol. The molecule has 0 fully saturated rings. The molecule has 2 aromatic heterocycles.